The maximum Gasteiger partial charge on any atom is 0.416 e. The highest BCUT2D eigenvalue weighted by molar-refractivity contribution is 9.09. The molecule has 0 spiro atoms. The number of hydrogen-bond acceptors (Lipinski definition) is 7. The van der Waals surface area contributed by atoms with Crippen molar-refractivity contribution in [1.29, 1.82) is 0 Å². The summed E-state index contributed by atoms with van der Waals surface area (Å²) in [6.07, 6.45) is -9.71. The molecule has 6 atom stereocenters. The molecule has 2 aromatic carbocycles. The molecule has 0 unspecified atom stereocenters. The van der Waals surface area contributed by atoms with Crippen molar-refractivity contribution in [3.05, 3.63) is 58.7 Å². The summed E-state index contributed by atoms with van der Waals surface area (Å²) < 4.78 is 92.8. The number of carbonyl (C=O) groups excluding carboxylic acids is 4. The quantitative estimate of drug-likeness (QED) is 0.123. The Balaban J connectivity index is 1.53. The van der Waals surface area contributed by atoms with E-state index in [4.69, 9.17) is 32.7 Å². The normalized spacial score (nSPS) is 29.9. The number of rotatable bonds is 5. The van der Waals surface area contributed by atoms with Crippen molar-refractivity contribution in [2.24, 2.45) is 17.8 Å². The number of fused-ring (bicyclic) bond motifs is 4. The first-order valence-corrected chi connectivity index (χ1v) is 16.3. The Morgan fingerprint density at radius 1 is 0.878 bits per heavy atom. The first kappa shape index (κ1) is 35.3. The molecule has 6 rings (SSSR count). The van der Waals surface area contributed by atoms with Gasteiger partial charge in [-0.15, -0.1) is 23.2 Å². The van der Waals surface area contributed by atoms with Gasteiger partial charge in [-0.25, -0.2) is 4.90 Å². The molecule has 2 aromatic rings. The van der Waals surface area contributed by atoms with Gasteiger partial charge in [-0.2, -0.15) is 26.3 Å². The third-order valence-corrected chi connectivity index (χ3v) is 11.6. The Morgan fingerprint density at radius 3 is 1.92 bits per heavy atom. The Bertz CT molecular complexity index is 1800. The third-order valence-electron chi connectivity index (χ3n) is 9.68. The summed E-state index contributed by atoms with van der Waals surface area (Å²) in [5.41, 5.74) is -4.28. The van der Waals surface area contributed by atoms with Gasteiger partial charge in [0.25, 0.3) is 11.8 Å². The average Bonchev–Trinajstić information content (AvgIpc) is 3.37. The molecule has 2 aliphatic carbocycles. The number of benzene rings is 2. The van der Waals surface area contributed by atoms with Crippen LogP contribution in [0.5, 0.6) is 17.2 Å². The average molecular weight is 800 g/mol. The number of imide groups is 2. The molecule has 9 nitrogen and oxygen atoms in total. The van der Waals surface area contributed by atoms with Crippen LogP contribution in [0.4, 0.5) is 32.0 Å². The minimum Gasteiger partial charge on any atom is -0.502 e. The molecule has 49 heavy (non-hydrogen) atoms. The van der Waals surface area contributed by atoms with Crippen LogP contribution in [0.15, 0.2) is 42.0 Å². The van der Waals surface area contributed by atoms with E-state index >= 15 is 0 Å². The molecule has 0 radical (unpaired) electrons. The number of nitrogens with zero attached hydrogens (tertiary/aromatic N) is 2. The van der Waals surface area contributed by atoms with E-state index in [-0.39, 0.29) is 52.7 Å². The predicted molar refractivity (Wildman–Crippen MR) is 163 cm³/mol. The molecule has 1 saturated carbocycles. The molecule has 3 fully saturated rings. The zero-order chi connectivity index (χ0) is 36.2. The lowest BCUT2D eigenvalue weighted by Gasteiger charge is -2.50. The molecule has 0 bridgehead atoms. The first-order valence-electron chi connectivity index (χ1n) is 14.4. The topological polar surface area (TPSA) is 113 Å². The van der Waals surface area contributed by atoms with Crippen LogP contribution in [-0.2, 0) is 31.5 Å². The number of carbonyl (C=O) groups is 4. The van der Waals surface area contributed by atoms with Crippen LogP contribution in [0.25, 0.3) is 0 Å². The number of alkyl halides is 9. The van der Waals surface area contributed by atoms with Gasteiger partial charge in [-0.05, 0) is 54.7 Å². The maximum atomic E-state index is 14.2. The first-order chi connectivity index (χ1) is 22.8. The van der Waals surface area contributed by atoms with Gasteiger partial charge in [0.15, 0.2) is 21.2 Å². The summed E-state index contributed by atoms with van der Waals surface area (Å²) in [4.78, 5) is 52.2. The number of aromatic hydroxyl groups is 1. The lowest BCUT2D eigenvalue weighted by atomic mass is 9.56. The van der Waals surface area contributed by atoms with E-state index in [1.54, 1.807) is 0 Å². The highest BCUT2D eigenvalue weighted by Crippen LogP contribution is 2.66. The highest BCUT2D eigenvalue weighted by Gasteiger charge is 2.76. The summed E-state index contributed by atoms with van der Waals surface area (Å²) >= 11 is 17.4. The minimum absolute atomic E-state index is 0.122. The molecule has 4 amide bonds. The van der Waals surface area contributed by atoms with Gasteiger partial charge in [0, 0.05) is 5.92 Å². The van der Waals surface area contributed by atoms with Crippen LogP contribution >= 0.6 is 39.1 Å². The highest BCUT2D eigenvalue weighted by atomic mass is 79.9. The second kappa shape index (κ2) is 11.5. The van der Waals surface area contributed by atoms with E-state index in [9.17, 15) is 50.6 Å². The number of hydrogen-bond donors (Lipinski definition) is 1. The fourth-order valence-electron chi connectivity index (χ4n) is 7.53. The Labute approximate surface area is 291 Å². The molecule has 2 aliphatic heterocycles. The van der Waals surface area contributed by atoms with Crippen molar-refractivity contribution in [3.8, 4) is 17.2 Å². The zero-order valence-corrected chi connectivity index (χ0v) is 28.2. The number of likely N-dealkylation sites (tertiary alicyclic amines) is 1. The minimum atomic E-state index is -5.25. The van der Waals surface area contributed by atoms with E-state index in [2.05, 4.69) is 15.9 Å². The van der Waals surface area contributed by atoms with Crippen molar-refractivity contribution in [2.75, 3.05) is 24.6 Å². The molecule has 262 valence electrons. The van der Waals surface area contributed by atoms with Gasteiger partial charge in [-0.1, -0.05) is 27.6 Å². The fourth-order valence-corrected chi connectivity index (χ4v) is 8.96. The fraction of sp³-hybridized carbons (Fsp3) is 0.419. The van der Waals surface area contributed by atoms with Crippen molar-refractivity contribution in [3.63, 3.8) is 0 Å². The predicted octanol–water partition coefficient (Wildman–Crippen LogP) is 6.36. The van der Waals surface area contributed by atoms with Crippen molar-refractivity contribution in [1.82, 2.24) is 4.90 Å². The molecule has 0 aromatic heterocycles. The number of methoxy groups -OCH3 is 2. The van der Waals surface area contributed by atoms with E-state index in [0.29, 0.717) is 4.90 Å². The number of phenols is 1. The Morgan fingerprint density at radius 2 is 1.43 bits per heavy atom. The second-order valence-electron chi connectivity index (χ2n) is 12.0. The number of phenolic OH excluding ortho intramolecular Hbond substituents is 1. The lowest BCUT2D eigenvalue weighted by Crippen LogP contribution is -2.60. The van der Waals surface area contributed by atoms with E-state index in [0.717, 1.165) is 4.90 Å². The third kappa shape index (κ3) is 4.94. The number of amides is 4. The standard InChI is InChI=1S/C31H23BrCl2F6N2O7/c1-48-19-5-12(6-20(49-2)23(19)43)22-16-3-4-17-21(18(16)10-28(33)26(46)41(11-32)27(47)29(22,28)34)25(45)42(24(17)44)15-8-13(30(35,36)37)7-14(9-15)31(38,39)40/h3,5-9,17-18,21-22,43H,4,10-11H2,1-2H3/t17-,18+,21-,22-,28+,29-/m0/s1. The Hall–Kier alpha value is -3.50. The monoisotopic (exact) mass is 798 g/mol. The summed E-state index contributed by atoms with van der Waals surface area (Å²) in [7, 11) is 2.47. The second-order valence-corrected chi connectivity index (χ2v) is 13.8. The van der Waals surface area contributed by atoms with E-state index in [1.807, 2.05) is 0 Å². The maximum absolute atomic E-state index is 14.2. The molecule has 2 saturated heterocycles. The number of allylic oxidation sites excluding steroid dienone is 2. The van der Waals surface area contributed by atoms with Gasteiger partial charge in [0.1, 0.15) is 0 Å². The van der Waals surface area contributed by atoms with Crippen LogP contribution in [0.2, 0.25) is 0 Å². The van der Waals surface area contributed by atoms with E-state index in [1.165, 1.54) is 32.4 Å². The van der Waals surface area contributed by atoms with Crippen molar-refractivity contribution >= 4 is 68.4 Å². The van der Waals surface area contributed by atoms with Crippen LogP contribution in [0, 0.1) is 17.8 Å². The largest absolute Gasteiger partial charge is 0.502 e. The summed E-state index contributed by atoms with van der Waals surface area (Å²) in [5.74, 6) is -9.83. The summed E-state index contributed by atoms with van der Waals surface area (Å²) in [5, 5.41) is 10.6. The number of anilines is 1. The summed E-state index contributed by atoms with van der Waals surface area (Å²) in [6, 6.07) is 3.10. The van der Waals surface area contributed by atoms with Crippen LogP contribution in [0.3, 0.4) is 0 Å². The van der Waals surface area contributed by atoms with Gasteiger partial charge < -0.3 is 14.6 Å². The van der Waals surface area contributed by atoms with Gasteiger partial charge in [0.2, 0.25) is 17.6 Å². The smallest absolute Gasteiger partial charge is 0.416 e. The lowest BCUT2D eigenvalue weighted by molar-refractivity contribution is -0.143. The SMILES string of the molecule is COc1cc([C@H]2C3=CC[C@@H]4C(=O)N(c5cc(C(F)(F)F)cc(C(F)(F)F)c5)C(=O)[C@@H]4[C@@H]3C[C@@]3(Cl)C(=O)N(CBr)C(=O)[C@@]23Cl)cc(OC)c1O. The van der Waals surface area contributed by atoms with Gasteiger partial charge in [0.05, 0.1) is 48.3 Å². The number of halogens is 9. The molecular formula is C31H23BrCl2F6N2O7. The van der Waals surface area contributed by atoms with Crippen LogP contribution in [-0.4, -0.2) is 63.1 Å². The zero-order valence-electron chi connectivity index (χ0n) is 25.1. The molecule has 4 aliphatic rings. The Kier molecular flexibility index (Phi) is 8.31. The van der Waals surface area contributed by atoms with Crippen molar-refractivity contribution < 1.29 is 60.1 Å². The van der Waals surface area contributed by atoms with Crippen LogP contribution < -0.4 is 14.4 Å². The molecule has 18 heteroatoms. The molecular weight excluding hydrogens is 777 g/mol. The van der Waals surface area contributed by atoms with Gasteiger partial charge in [-0.3, -0.25) is 24.1 Å². The van der Waals surface area contributed by atoms with Gasteiger partial charge >= 0.3 is 12.4 Å². The van der Waals surface area contributed by atoms with E-state index < -0.39 is 98.4 Å². The molecule has 2 heterocycles. The van der Waals surface area contributed by atoms with Crippen molar-refractivity contribution in [2.45, 2.75) is 40.9 Å². The van der Waals surface area contributed by atoms with Crippen LogP contribution in [0.1, 0.15) is 35.4 Å². The molecule has 1 N–H and O–H groups in total. The number of ether oxygens (including phenoxy) is 2. The summed E-state index contributed by atoms with van der Waals surface area (Å²) in [6.45, 7) is 0.